The monoisotopic (exact) mass is 292 g/mol. The van der Waals surface area contributed by atoms with Crippen LogP contribution in [0.4, 0.5) is 5.69 Å². The van der Waals surface area contributed by atoms with Crippen LogP contribution in [0.1, 0.15) is 11.1 Å². The lowest BCUT2D eigenvalue weighted by Gasteiger charge is -2.20. The zero-order valence-corrected chi connectivity index (χ0v) is 12.3. The third-order valence-electron chi connectivity index (χ3n) is 2.64. The van der Waals surface area contributed by atoms with Gasteiger partial charge >= 0.3 is 0 Å². The lowest BCUT2D eigenvalue weighted by Crippen LogP contribution is -2.26. The molecular formula is C10H16N2O4S2. The number of sulfonamides is 2. The van der Waals surface area contributed by atoms with Crippen LogP contribution in [0.15, 0.2) is 17.0 Å². The number of anilines is 1. The molecule has 8 heteroatoms. The second kappa shape index (κ2) is 4.52. The van der Waals surface area contributed by atoms with Gasteiger partial charge in [-0.2, -0.15) is 0 Å². The fraction of sp³-hybridized carbons (Fsp3) is 0.400. The largest absolute Gasteiger partial charge is 0.273 e. The lowest BCUT2D eigenvalue weighted by atomic mass is 10.1. The minimum Gasteiger partial charge on any atom is -0.273 e. The van der Waals surface area contributed by atoms with Crippen LogP contribution < -0.4 is 9.44 Å². The Bertz CT molecular complexity index is 678. The quantitative estimate of drug-likeness (QED) is 0.869. The maximum absolute atomic E-state index is 11.5. The van der Waals surface area contributed by atoms with Crippen LogP contribution in [-0.2, 0) is 20.0 Å². The summed E-state index contributed by atoms with van der Waals surface area (Å²) in [7, 11) is -5.97. The highest BCUT2D eigenvalue weighted by molar-refractivity contribution is 7.92. The minimum absolute atomic E-state index is 0.0707. The molecule has 0 aliphatic rings. The summed E-state index contributed by atoms with van der Waals surface area (Å²) in [6, 6.07) is 2.87. The van der Waals surface area contributed by atoms with E-state index in [0.717, 1.165) is 10.6 Å². The molecule has 0 saturated carbocycles. The second-order valence-electron chi connectivity index (χ2n) is 4.18. The van der Waals surface area contributed by atoms with E-state index in [2.05, 4.69) is 0 Å². The molecule has 0 atom stereocenters. The normalized spacial score (nSPS) is 12.5. The van der Waals surface area contributed by atoms with Crippen molar-refractivity contribution in [3.05, 3.63) is 23.3 Å². The molecule has 0 radical (unpaired) electrons. The average molecular weight is 292 g/mol. The van der Waals surface area contributed by atoms with Gasteiger partial charge in [0.25, 0.3) is 0 Å². The molecule has 0 aliphatic carbocycles. The third kappa shape index (κ3) is 3.01. The Hall–Kier alpha value is -1.12. The fourth-order valence-electron chi connectivity index (χ4n) is 1.65. The van der Waals surface area contributed by atoms with Crippen LogP contribution in [0.5, 0.6) is 0 Å². The van der Waals surface area contributed by atoms with Gasteiger partial charge in [-0.1, -0.05) is 6.07 Å². The van der Waals surface area contributed by atoms with Crippen molar-refractivity contribution in [1.29, 1.82) is 0 Å². The van der Waals surface area contributed by atoms with Crippen molar-refractivity contribution in [3.63, 3.8) is 0 Å². The standard InChI is InChI=1S/C10H16N2O4S2/c1-7-5-8(2)10(18(11,15)16)6-9(7)12(3)17(4,13)14/h5-6H,1-4H3,(H2,11,15,16). The smallest absolute Gasteiger partial charge is 0.238 e. The van der Waals surface area contributed by atoms with Crippen molar-refractivity contribution < 1.29 is 16.8 Å². The van der Waals surface area contributed by atoms with Crippen molar-refractivity contribution in [2.45, 2.75) is 18.7 Å². The molecular weight excluding hydrogens is 276 g/mol. The molecule has 0 unspecified atom stereocenters. The van der Waals surface area contributed by atoms with E-state index >= 15 is 0 Å². The van der Waals surface area contributed by atoms with Gasteiger partial charge in [0.2, 0.25) is 20.0 Å². The molecule has 6 nitrogen and oxygen atoms in total. The van der Waals surface area contributed by atoms with E-state index in [-0.39, 0.29) is 4.90 Å². The van der Waals surface area contributed by atoms with Gasteiger partial charge in [0.05, 0.1) is 16.8 Å². The first-order valence-electron chi connectivity index (χ1n) is 5.02. The molecule has 2 N–H and O–H groups in total. The first-order chi connectivity index (χ1) is 7.94. The minimum atomic E-state index is -3.87. The summed E-state index contributed by atoms with van der Waals surface area (Å²) in [6.07, 6.45) is 1.04. The fourth-order valence-corrected chi connectivity index (χ4v) is 2.98. The number of nitrogens with two attached hydrogens (primary N) is 1. The van der Waals surface area contributed by atoms with Crippen molar-refractivity contribution in [2.75, 3.05) is 17.6 Å². The van der Waals surface area contributed by atoms with Crippen molar-refractivity contribution in [2.24, 2.45) is 5.14 Å². The first-order valence-corrected chi connectivity index (χ1v) is 8.42. The Morgan fingerprint density at radius 2 is 1.56 bits per heavy atom. The maximum Gasteiger partial charge on any atom is 0.238 e. The zero-order valence-electron chi connectivity index (χ0n) is 10.6. The maximum atomic E-state index is 11.5. The molecule has 0 amide bonds. The van der Waals surface area contributed by atoms with E-state index in [4.69, 9.17) is 5.14 Å². The van der Waals surface area contributed by atoms with Gasteiger partial charge < -0.3 is 0 Å². The van der Waals surface area contributed by atoms with E-state index in [1.54, 1.807) is 19.9 Å². The molecule has 0 saturated heterocycles. The summed E-state index contributed by atoms with van der Waals surface area (Å²) in [5.74, 6) is 0. The van der Waals surface area contributed by atoms with Gasteiger partial charge in [-0.05, 0) is 31.0 Å². The van der Waals surface area contributed by atoms with Gasteiger partial charge in [-0.25, -0.2) is 22.0 Å². The highest BCUT2D eigenvalue weighted by atomic mass is 32.2. The topological polar surface area (TPSA) is 97.5 Å². The van der Waals surface area contributed by atoms with E-state index in [1.807, 2.05) is 0 Å². The van der Waals surface area contributed by atoms with Crippen LogP contribution in [0.2, 0.25) is 0 Å². The number of hydrogen-bond donors (Lipinski definition) is 1. The Morgan fingerprint density at radius 3 is 1.94 bits per heavy atom. The van der Waals surface area contributed by atoms with E-state index in [9.17, 15) is 16.8 Å². The molecule has 102 valence electrons. The summed E-state index contributed by atoms with van der Waals surface area (Å²) in [5, 5.41) is 5.09. The Balaban J connectivity index is 3.59. The van der Waals surface area contributed by atoms with Crippen molar-refractivity contribution in [1.82, 2.24) is 0 Å². The van der Waals surface area contributed by atoms with Gasteiger partial charge in [-0.3, -0.25) is 4.31 Å². The predicted molar refractivity (Wildman–Crippen MR) is 70.5 cm³/mol. The molecule has 0 aliphatic heterocycles. The number of nitrogens with zero attached hydrogens (tertiary/aromatic N) is 1. The number of benzene rings is 1. The average Bonchev–Trinajstić information content (AvgIpc) is 2.13. The second-order valence-corrected chi connectivity index (χ2v) is 7.72. The van der Waals surface area contributed by atoms with Gasteiger partial charge in [0, 0.05) is 7.05 Å². The molecule has 0 bridgehead atoms. The van der Waals surface area contributed by atoms with E-state index in [0.29, 0.717) is 16.8 Å². The molecule has 1 aromatic rings. The molecule has 18 heavy (non-hydrogen) atoms. The SMILES string of the molecule is Cc1cc(C)c(S(N)(=O)=O)cc1N(C)S(C)(=O)=O. The van der Waals surface area contributed by atoms with Crippen molar-refractivity contribution >= 4 is 25.7 Å². The highest BCUT2D eigenvalue weighted by Gasteiger charge is 2.19. The predicted octanol–water partition coefficient (Wildman–Crippen LogP) is 0.347. The van der Waals surface area contributed by atoms with Crippen LogP contribution in [-0.4, -0.2) is 30.1 Å². The van der Waals surface area contributed by atoms with Gasteiger partial charge in [0.15, 0.2) is 0 Å². The summed E-state index contributed by atoms with van der Waals surface area (Å²) in [4.78, 5) is -0.0707. The number of rotatable bonds is 3. The third-order valence-corrected chi connectivity index (χ3v) is 4.88. The van der Waals surface area contributed by atoms with E-state index < -0.39 is 20.0 Å². The van der Waals surface area contributed by atoms with Gasteiger partial charge in [0.1, 0.15) is 0 Å². The molecule has 1 rings (SSSR count). The van der Waals surface area contributed by atoms with E-state index in [1.165, 1.54) is 13.1 Å². The zero-order chi connectivity index (χ0) is 14.3. The molecule has 0 spiro atoms. The van der Waals surface area contributed by atoms with Crippen LogP contribution in [0, 0.1) is 13.8 Å². The summed E-state index contributed by atoms with van der Waals surface area (Å²) < 4.78 is 46.8. The summed E-state index contributed by atoms with van der Waals surface area (Å²) in [5.41, 5.74) is 1.45. The van der Waals surface area contributed by atoms with Crippen LogP contribution in [0.25, 0.3) is 0 Å². The summed E-state index contributed by atoms with van der Waals surface area (Å²) in [6.45, 7) is 3.31. The highest BCUT2D eigenvalue weighted by Crippen LogP contribution is 2.27. The Labute approximate surface area is 108 Å². The molecule has 0 aromatic heterocycles. The number of primary sulfonamides is 1. The van der Waals surface area contributed by atoms with Crippen LogP contribution >= 0.6 is 0 Å². The number of hydrogen-bond acceptors (Lipinski definition) is 4. The Kier molecular flexibility index (Phi) is 3.75. The first kappa shape index (κ1) is 14.9. The van der Waals surface area contributed by atoms with Crippen molar-refractivity contribution in [3.8, 4) is 0 Å². The summed E-state index contributed by atoms with van der Waals surface area (Å²) >= 11 is 0. The molecule has 0 heterocycles. The van der Waals surface area contributed by atoms with Crippen LogP contribution in [0.3, 0.4) is 0 Å². The number of aryl methyl sites for hydroxylation is 2. The lowest BCUT2D eigenvalue weighted by molar-refractivity contribution is 0.595. The molecule has 1 aromatic carbocycles. The van der Waals surface area contributed by atoms with Gasteiger partial charge in [-0.15, -0.1) is 0 Å². The molecule has 0 fully saturated rings. The Morgan fingerprint density at radius 1 is 1.06 bits per heavy atom.